The van der Waals surface area contributed by atoms with Crippen LogP contribution in [0.25, 0.3) is 0 Å². The molecule has 20 heavy (non-hydrogen) atoms. The summed E-state index contributed by atoms with van der Waals surface area (Å²) in [6.45, 7) is 0.690. The third-order valence-corrected chi connectivity index (χ3v) is 4.26. The zero-order valence-electron chi connectivity index (χ0n) is 10.5. The van der Waals surface area contributed by atoms with Crippen LogP contribution in [-0.2, 0) is 6.42 Å². The van der Waals surface area contributed by atoms with Gasteiger partial charge >= 0.3 is 0 Å². The minimum atomic E-state index is -0.125. The van der Waals surface area contributed by atoms with Gasteiger partial charge in [0.1, 0.15) is 5.75 Å². The standard InChI is InChI=1S/C15H11ClINO2/c16-11-2-3-13(12(17)8-11)18-15(19)10-1-4-14-9(7-10)5-6-20-14/h1-4,7-8H,5-6H2,(H,18,19). The van der Waals surface area contributed by atoms with Gasteiger partial charge in [-0.2, -0.15) is 0 Å². The molecule has 0 fully saturated rings. The lowest BCUT2D eigenvalue weighted by Gasteiger charge is -2.08. The van der Waals surface area contributed by atoms with Crippen molar-refractivity contribution >= 4 is 45.8 Å². The quantitative estimate of drug-likeness (QED) is 0.771. The van der Waals surface area contributed by atoms with Gasteiger partial charge in [-0.15, -0.1) is 0 Å². The lowest BCUT2D eigenvalue weighted by atomic mass is 10.1. The summed E-state index contributed by atoms with van der Waals surface area (Å²) < 4.78 is 6.35. The molecular weight excluding hydrogens is 389 g/mol. The number of ether oxygens (including phenoxy) is 1. The Morgan fingerprint density at radius 2 is 2.10 bits per heavy atom. The largest absolute Gasteiger partial charge is 0.493 e. The average Bonchev–Trinajstić information content (AvgIpc) is 2.89. The number of hydrogen-bond acceptors (Lipinski definition) is 2. The molecule has 2 aromatic rings. The van der Waals surface area contributed by atoms with E-state index in [4.69, 9.17) is 16.3 Å². The van der Waals surface area contributed by atoms with Gasteiger partial charge in [0.25, 0.3) is 5.91 Å². The molecule has 1 amide bonds. The first-order valence-electron chi connectivity index (χ1n) is 6.15. The Hall–Kier alpha value is -1.27. The van der Waals surface area contributed by atoms with E-state index in [0.717, 1.165) is 27.0 Å². The Kier molecular flexibility index (Phi) is 3.85. The van der Waals surface area contributed by atoms with E-state index in [1.54, 1.807) is 18.2 Å². The molecule has 1 N–H and O–H groups in total. The van der Waals surface area contributed by atoms with Gasteiger partial charge in [-0.25, -0.2) is 0 Å². The number of rotatable bonds is 2. The molecule has 3 nitrogen and oxygen atoms in total. The SMILES string of the molecule is O=C(Nc1ccc(Cl)cc1I)c1ccc2c(c1)CCO2. The van der Waals surface area contributed by atoms with Gasteiger partial charge in [-0.05, 0) is 64.6 Å². The molecule has 102 valence electrons. The smallest absolute Gasteiger partial charge is 0.255 e. The Bertz CT molecular complexity index is 688. The van der Waals surface area contributed by atoms with E-state index in [-0.39, 0.29) is 5.91 Å². The first-order chi connectivity index (χ1) is 9.63. The second-order valence-corrected chi connectivity index (χ2v) is 6.10. The molecule has 1 aliphatic rings. The zero-order valence-corrected chi connectivity index (χ0v) is 13.4. The molecular formula is C15H11ClINO2. The van der Waals surface area contributed by atoms with Gasteiger partial charge in [-0.3, -0.25) is 4.79 Å². The molecule has 3 rings (SSSR count). The molecule has 5 heteroatoms. The predicted octanol–water partition coefficient (Wildman–Crippen LogP) is 4.13. The van der Waals surface area contributed by atoms with Gasteiger partial charge in [0.15, 0.2) is 0 Å². The van der Waals surface area contributed by atoms with Crippen molar-refractivity contribution < 1.29 is 9.53 Å². The molecule has 0 atom stereocenters. The summed E-state index contributed by atoms with van der Waals surface area (Å²) in [5.41, 5.74) is 2.49. The first-order valence-corrected chi connectivity index (χ1v) is 7.61. The van der Waals surface area contributed by atoms with Crippen molar-refractivity contribution in [2.24, 2.45) is 0 Å². The Morgan fingerprint density at radius 3 is 2.90 bits per heavy atom. The van der Waals surface area contributed by atoms with Crippen LogP contribution in [0.2, 0.25) is 5.02 Å². The van der Waals surface area contributed by atoms with Crippen LogP contribution in [0.15, 0.2) is 36.4 Å². The van der Waals surface area contributed by atoms with Crippen LogP contribution in [-0.4, -0.2) is 12.5 Å². The first kappa shape index (κ1) is 13.7. The van der Waals surface area contributed by atoms with Crippen LogP contribution >= 0.6 is 34.2 Å². The van der Waals surface area contributed by atoms with Crippen molar-refractivity contribution in [3.63, 3.8) is 0 Å². The Balaban J connectivity index is 1.82. The lowest BCUT2D eigenvalue weighted by Crippen LogP contribution is -2.12. The van der Waals surface area contributed by atoms with Crippen molar-refractivity contribution in [2.75, 3.05) is 11.9 Å². The number of benzene rings is 2. The number of halogens is 2. The number of carbonyl (C=O) groups excluding carboxylic acids is 1. The maximum Gasteiger partial charge on any atom is 0.255 e. The Morgan fingerprint density at radius 1 is 1.25 bits per heavy atom. The predicted molar refractivity (Wildman–Crippen MR) is 87.8 cm³/mol. The number of nitrogens with one attached hydrogen (secondary N) is 1. The lowest BCUT2D eigenvalue weighted by molar-refractivity contribution is 0.102. The fourth-order valence-electron chi connectivity index (χ4n) is 2.11. The molecule has 0 spiro atoms. The zero-order chi connectivity index (χ0) is 14.1. The summed E-state index contributed by atoms with van der Waals surface area (Å²) in [6.07, 6.45) is 0.856. The van der Waals surface area contributed by atoms with Gasteiger partial charge in [-0.1, -0.05) is 11.6 Å². The highest BCUT2D eigenvalue weighted by Gasteiger charge is 2.15. The van der Waals surface area contributed by atoms with Crippen LogP contribution in [0.3, 0.4) is 0 Å². The highest BCUT2D eigenvalue weighted by Crippen LogP contribution is 2.27. The number of hydrogen-bond donors (Lipinski definition) is 1. The van der Waals surface area contributed by atoms with Crippen LogP contribution < -0.4 is 10.1 Å². The van der Waals surface area contributed by atoms with E-state index in [9.17, 15) is 4.79 Å². The van der Waals surface area contributed by atoms with E-state index in [0.29, 0.717) is 17.2 Å². The normalized spacial score (nSPS) is 12.7. The summed E-state index contributed by atoms with van der Waals surface area (Å²) in [6, 6.07) is 10.9. The van der Waals surface area contributed by atoms with E-state index < -0.39 is 0 Å². The molecule has 0 saturated carbocycles. The molecule has 0 unspecified atom stereocenters. The van der Waals surface area contributed by atoms with Gasteiger partial charge in [0.05, 0.1) is 12.3 Å². The molecule has 1 heterocycles. The second kappa shape index (κ2) is 5.61. The monoisotopic (exact) mass is 399 g/mol. The van der Waals surface area contributed by atoms with Crippen molar-refractivity contribution in [3.05, 3.63) is 56.1 Å². The molecule has 1 aliphatic heterocycles. The summed E-state index contributed by atoms with van der Waals surface area (Å²) in [5, 5.41) is 3.55. The van der Waals surface area contributed by atoms with Crippen molar-refractivity contribution in [2.45, 2.75) is 6.42 Å². The summed E-state index contributed by atoms with van der Waals surface area (Å²) in [7, 11) is 0. The number of fused-ring (bicyclic) bond motifs is 1. The molecule has 2 aromatic carbocycles. The molecule has 0 aliphatic carbocycles. The van der Waals surface area contributed by atoms with E-state index in [1.807, 2.05) is 18.2 Å². The molecule has 0 bridgehead atoms. The van der Waals surface area contributed by atoms with Crippen molar-refractivity contribution in [1.29, 1.82) is 0 Å². The number of amides is 1. The molecule has 0 aromatic heterocycles. The van der Waals surface area contributed by atoms with Crippen LogP contribution in [0.5, 0.6) is 5.75 Å². The number of carbonyl (C=O) groups is 1. The fourth-order valence-corrected chi connectivity index (χ4v) is 3.12. The van der Waals surface area contributed by atoms with Crippen molar-refractivity contribution in [3.8, 4) is 5.75 Å². The number of anilines is 1. The minimum absolute atomic E-state index is 0.125. The Labute approximate surface area is 135 Å². The maximum absolute atomic E-state index is 12.3. The molecule has 0 saturated heterocycles. The average molecular weight is 400 g/mol. The van der Waals surface area contributed by atoms with Gasteiger partial charge in [0, 0.05) is 20.6 Å². The fraction of sp³-hybridized carbons (Fsp3) is 0.133. The third kappa shape index (κ3) is 2.76. The van der Waals surface area contributed by atoms with Crippen LogP contribution in [0, 0.1) is 3.57 Å². The summed E-state index contributed by atoms with van der Waals surface area (Å²) in [4.78, 5) is 12.3. The second-order valence-electron chi connectivity index (χ2n) is 4.50. The van der Waals surface area contributed by atoms with Crippen LogP contribution in [0.4, 0.5) is 5.69 Å². The highest BCUT2D eigenvalue weighted by molar-refractivity contribution is 14.1. The minimum Gasteiger partial charge on any atom is -0.493 e. The van der Waals surface area contributed by atoms with Crippen molar-refractivity contribution in [1.82, 2.24) is 0 Å². The summed E-state index contributed by atoms with van der Waals surface area (Å²) >= 11 is 8.05. The van der Waals surface area contributed by atoms with Gasteiger partial charge < -0.3 is 10.1 Å². The maximum atomic E-state index is 12.3. The van der Waals surface area contributed by atoms with E-state index >= 15 is 0 Å². The third-order valence-electron chi connectivity index (χ3n) is 3.13. The summed E-state index contributed by atoms with van der Waals surface area (Å²) in [5.74, 6) is 0.752. The topological polar surface area (TPSA) is 38.3 Å². The molecule has 0 radical (unpaired) electrons. The van der Waals surface area contributed by atoms with Gasteiger partial charge in [0.2, 0.25) is 0 Å². The van der Waals surface area contributed by atoms with E-state index in [1.165, 1.54) is 0 Å². The van der Waals surface area contributed by atoms with E-state index in [2.05, 4.69) is 27.9 Å². The van der Waals surface area contributed by atoms with Crippen LogP contribution in [0.1, 0.15) is 15.9 Å². The highest BCUT2D eigenvalue weighted by atomic mass is 127.